The number of ether oxygens (including phenoxy) is 1. The summed E-state index contributed by atoms with van der Waals surface area (Å²) >= 11 is 0. The Labute approximate surface area is 115 Å². The van der Waals surface area contributed by atoms with Gasteiger partial charge in [-0.3, -0.25) is 0 Å². The number of hydrogen-bond donors (Lipinski definition) is 0. The highest BCUT2D eigenvalue weighted by molar-refractivity contribution is 4.85. The fraction of sp³-hybridized carbons (Fsp3) is 1.00. The minimum absolute atomic E-state index is 0.0900. The Morgan fingerprint density at radius 3 is 1.67 bits per heavy atom. The quantitative estimate of drug-likeness (QED) is 0.678. The molecule has 0 heterocycles. The molecule has 18 heavy (non-hydrogen) atoms. The molecule has 0 aromatic rings. The van der Waals surface area contributed by atoms with Crippen molar-refractivity contribution < 1.29 is 4.74 Å². The van der Waals surface area contributed by atoms with Gasteiger partial charge in [0.25, 0.3) is 0 Å². The van der Waals surface area contributed by atoms with Crippen molar-refractivity contribution in [1.82, 2.24) is 4.90 Å². The second-order valence-electron chi connectivity index (χ2n) is 8.18. The third kappa shape index (κ3) is 6.75. The Balaban J connectivity index is 4.65. The summed E-state index contributed by atoms with van der Waals surface area (Å²) in [4.78, 5) is 2.18. The van der Waals surface area contributed by atoms with Crippen molar-refractivity contribution in [2.24, 2.45) is 11.3 Å². The van der Waals surface area contributed by atoms with E-state index in [1.807, 2.05) is 0 Å². The Hall–Kier alpha value is -0.0800. The van der Waals surface area contributed by atoms with Gasteiger partial charge in [0.05, 0.1) is 11.2 Å². The first-order valence-corrected chi connectivity index (χ1v) is 7.12. The van der Waals surface area contributed by atoms with E-state index in [1.165, 1.54) is 0 Å². The Morgan fingerprint density at radius 2 is 1.33 bits per heavy atom. The molecule has 110 valence electrons. The smallest absolute Gasteiger partial charge is 0.0759 e. The number of hydrogen-bond acceptors (Lipinski definition) is 2. The van der Waals surface area contributed by atoms with Crippen LogP contribution in [0.1, 0.15) is 61.8 Å². The molecule has 2 heteroatoms. The van der Waals surface area contributed by atoms with Gasteiger partial charge in [-0.2, -0.15) is 0 Å². The number of nitrogens with zero attached hydrogens (tertiary/aromatic N) is 1. The lowest BCUT2D eigenvalue weighted by Gasteiger charge is -2.43. The van der Waals surface area contributed by atoms with Crippen LogP contribution in [0.2, 0.25) is 0 Å². The van der Waals surface area contributed by atoms with Gasteiger partial charge in [0.1, 0.15) is 0 Å². The van der Waals surface area contributed by atoms with E-state index in [1.54, 1.807) is 0 Å². The number of rotatable bonds is 7. The fourth-order valence-electron chi connectivity index (χ4n) is 2.88. The van der Waals surface area contributed by atoms with Gasteiger partial charge in [-0.15, -0.1) is 0 Å². The van der Waals surface area contributed by atoms with E-state index in [2.05, 4.69) is 74.4 Å². The summed E-state index contributed by atoms with van der Waals surface area (Å²) in [6.45, 7) is 19.0. The summed E-state index contributed by atoms with van der Waals surface area (Å²) in [6, 6.07) is 0. The van der Waals surface area contributed by atoms with Crippen LogP contribution in [0.3, 0.4) is 0 Å². The zero-order chi connectivity index (χ0) is 14.8. The third-order valence-corrected chi connectivity index (χ3v) is 3.69. The molecule has 0 saturated heterocycles. The zero-order valence-corrected chi connectivity index (χ0v) is 14.3. The highest BCUT2D eigenvalue weighted by Gasteiger charge is 2.36. The first-order chi connectivity index (χ1) is 7.77. The van der Waals surface area contributed by atoms with Gasteiger partial charge in [0, 0.05) is 6.54 Å². The predicted molar refractivity (Wildman–Crippen MR) is 81.0 cm³/mol. The van der Waals surface area contributed by atoms with E-state index in [-0.39, 0.29) is 11.2 Å². The van der Waals surface area contributed by atoms with Crippen molar-refractivity contribution in [2.45, 2.75) is 73.0 Å². The molecule has 0 saturated carbocycles. The fourth-order valence-corrected chi connectivity index (χ4v) is 2.88. The summed E-state index contributed by atoms with van der Waals surface area (Å²) in [6.07, 6.45) is 1.08. The van der Waals surface area contributed by atoms with Crippen molar-refractivity contribution >= 4 is 0 Å². The lowest BCUT2D eigenvalue weighted by atomic mass is 9.73. The largest absolute Gasteiger partial charge is 0.368 e. The van der Waals surface area contributed by atoms with E-state index >= 15 is 0 Å². The standard InChI is InChI=1S/C16H35NO/c1-13(2)14(3,4)11-15(5,6)18-16(7,8)12-17(9)10/h13H,11-12H2,1-10H3. The van der Waals surface area contributed by atoms with E-state index in [0.29, 0.717) is 11.3 Å². The van der Waals surface area contributed by atoms with Crippen LogP contribution in [0.15, 0.2) is 0 Å². The maximum atomic E-state index is 6.38. The number of likely N-dealkylation sites (N-methyl/N-ethyl adjacent to an activating group) is 1. The van der Waals surface area contributed by atoms with Gasteiger partial charge in [0.15, 0.2) is 0 Å². The van der Waals surface area contributed by atoms with Gasteiger partial charge in [-0.1, -0.05) is 27.7 Å². The average Bonchev–Trinajstić information content (AvgIpc) is 1.94. The summed E-state index contributed by atoms with van der Waals surface area (Å²) < 4.78 is 6.38. The molecular weight excluding hydrogens is 222 g/mol. The lowest BCUT2D eigenvalue weighted by Crippen LogP contribution is -2.45. The second-order valence-corrected chi connectivity index (χ2v) is 8.18. The zero-order valence-electron chi connectivity index (χ0n) is 14.3. The minimum atomic E-state index is -0.111. The van der Waals surface area contributed by atoms with Gasteiger partial charge in [-0.25, -0.2) is 0 Å². The molecule has 2 nitrogen and oxygen atoms in total. The van der Waals surface area contributed by atoms with Crippen LogP contribution in [-0.4, -0.2) is 36.7 Å². The van der Waals surface area contributed by atoms with E-state index in [9.17, 15) is 0 Å². The summed E-state index contributed by atoms with van der Waals surface area (Å²) in [5, 5.41) is 0. The van der Waals surface area contributed by atoms with Crippen LogP contribution in [0.5, 0.6) is 0 Å². The van der Waals surface area contributed by atoms with Crippen molar-refractivity contribution in [3.8, 4) is 0 Å². The average molecular weight is 257 g/mol. The van der Waals surface area contributed by atoms with Crippen LogP contribution in [0.4, 0.5) is 0 Å². The third-order valence-electron chi connectivity index (χ3n) is 3.69. The second kappa shape index (κ2) is 5.92. The van der Waals surface area contributed by atoms with Gasteiger partial charge < -0.3 is 9.64 Å². The van der Waals surface area contributed by atoms with Gasteiger partial charge >= 0.3 is 0 Å². The van der Waals surface area contributed by atoms with Crippen molar-refractivity contribution in [3.63, 3.8) is 0 Å². The van der Waals surface area contributed by atoms with Crippen LogP contribution in [-0.2, 0) is 4.74 Å². The highest BCUT2D eigenvalue weighted by Crippen LogP contribution is 2.38. The van der Waals surface area contributed by atoms with Crippen LogP contribution in [0, 0.1) is 11.3 Å². The molecule has 0 bridgehead atoms. The van der Waals surface area contributed by atoms with Crippen LogP contribution < -0.4 is 0 Å². The van der Waals surface area contributed by atoms with Gasteiger partial charge in [-0.05, 0) is 59.5 Å². The molecule has 0 aromatic carbocycles. The molecule has 0 amide bonds. The molecule has 0 unspecified atom stereocenters. The van der Waals surface area contributed by atoms with Crippen molar-refractivity contribution in [3.05, 3.63) is 0 Å². The topological polar surface area (TPSA) is 12.5 Å². The molecule has 0 fully saturated rings. The molecule has 0 spiro atoms. The summed E-state index contributed by atoms with van der Waals surface area (Å²) in [5.74, 6) is 0.664. The minimum Gasteiger partial charge on any atom is -0.368 e. The van der Waals surface area contributed by atoms with Crippen LogP contribution >= 0.6 is 0 Å². The molecule has 0 aliphatic carbocycles. The Morgan fingerprint density at radius 1 is 0.889 bits per heavy atom. The molecule has 0 N–H and O–H groups in total. The normalized spacial score (nSPS) is 14.7. The maximum absolute atomic E-state index is 6.38. The molecule has 0 atom stereocenters. The van der Waals surface area contributed by atoms with E-state index in [4.69, 9.17) is 4.74 Å². The Bertz CT molecular complexity index is 252. The van der Waals surface area contributed by atoms with Gasteiger partial charge in [0.2, 0.25) is 0 Å². The SMILES string of the molecule is CC(C)C(C)(C)CC(C)(C)OC(C)(C)CN(C)C. The Kier molecular flexibility index (Phi) is 5.89. The van der Waals surface area contributed by atoms with Crippen LogP contribution in [0.25, 0.3) is 0 Å². The first kappa shape index (κ1) is 17.9. The highest BCUT2D eigenvalue weighted by atomic mass is 16.5. The first-order valence-electron chi connectivity index (χ1n) is 7.12. The van der Waals surface area contributed by atoms with Crippen molar-refractivity contribution in [2.75, 3.05) is 20.6 Å². The van der Waals surface area contributed by atoms with E-state index < -0.39 is 0 Å². The molecule has 0 aromatic heterocycles. The maximum Gasteiger partial charge on any atom is 0.0759 e. The molecule has 0 rings (SSSR count). The molecule has 0 aliphatic rings. The summed E-state index contributed by atoms with van der Waals surface area (Å²) in [5.41, 5.74) is 0.102. The molecule has 0 radical (unpaired) electrons. The predicted octanol–water partition coefficient (Wildman–Crippen LogP) is 4.19. The molecule has 0 aliphatic heterocycles. The van der Waals surface area contributed by atoms with E-state index in [0.717, 1.165) is 13.0 Å². The lowest BCUT2D eigenvalue weighted by molar-refractivity contribution is -0.146. The summed E-state index contributed by atoms with van der Waals surface area (Å²) in [7, 11) is 4.19. The van der Waals surface area contributed by atoms with Crippen molar-refractivity contribution in [1.29, 1.82) is 0 Å². The molecular formula is C16H35NO. The monoisotopic (exact) mass is 257 g/mol.